The van der Waals surface area contributed by atoms with E-state index in [4.69, 9.17) is 10.5 Å². The van der Waals surface area contributed by atoms with Gasteiger partial charge in [-0.15, -0.1) is 0 Å². The second kappa shape index (κ2) is 5.63. The van der Waals surface area contributed by atoms with Gasteiger partial charge in [0.15, 0.2) is 0 Å². The highest BCUT2D eigenvalue weighted by Crippen LogP contribution is 2.36. The summed E-state index contributed by atoms with van der Waals surface area (Å²) in [6.45, 7) is 9.18. The molecule has 1 aromatic carbocycles. The summed E-state index contributed by atoms with van der Waals surface area (Å²) in [5, 5.41) is 0. The van der Waals surface area contributed by atoms with E-state index in [0.717, 1.165) is 10.0 Å². The quantitative estimate of drug-likeness (QED) is 0.858. The fraction of sp³-hybridized carbons (Fsp3) is 0.533. The standard InChI is InChI=1S/C15H22BrNO2/c1-14(2,3)19-13(18)15(4,5)12(17)10-8-6-7-9-11(10)16/h6-9,12H,17H2,1-5H3/t12-/m0/s1. The van der Waals surface area contributed by atoms with Gasteiger partial charge in [0.2, 0.25) is 0 Å². The summed E-state index contributed by atoms with van der Waals surface area (Å²) >= 11 is 3.47. The van der Waals surface area contributed by atoms with Crippen LogP contribution in [0.2, 0.25) is 0 Å². The third-order valence-corrected chi connectivity index (χ3v) is 3.66. The molecule has 0 aromatic heterocycles. The molecule has 0 radical (unpaired) electrons. The largest absolute Gasteiger partial charge is 0.460 e. The Kier molecular flexibility index (Phi) is 4.80. The van der Waals surface area contributed by atoms with E-state index in [-0.39, 0.29) is 5.97 Å². The van der Waals surface area contributed by atoms with Crippen LogP contribution in [0, 0.1) is 5.41 Å². The summed E-state index contributed by atoms with van der Waals surface area (Å²) in [4.78, 5) is 12.3. The minimum Gasteiger partial charge on any atom is -0.460 e. The molecule has 1 atom stereocenters. The Morgan fingerprint density at radius 2 is 1.74 bits per heavy atom. The molecule has 1 aromatic rings. The SMILES string of the molecule is CC(C)(C)OC(=O)C(C)(C)[C@@H](N)c1ccccc1Br. The molecular weight excluding hydrogens is 306 g/mol. The maximum Gasteiger partial charge on any atom is 0.313 e. The molecule has 106 valence electrons. The van der Waals surface area contributed by atoms with Gasteiger partial charge in [-0.3, -0.25) is 4.79 Å². The fourth-order valence-electron chi connectivity index (χ4n) is 1.65. The molecule has 0 saturated heterocycles. The number of hydrogen-bond donors (Lipinski definition) is 1. The number of halogens is 1. The maximum atomic E-state index is 12.3. The Hall–Kier alpha value is -0.870. The number of rotatable bonds is 3. The van der Waals surface area contributed by atoms with Crippen molar-refractivity contribution >= 4 is 21.9 Å². The smallest absolute Gasteiger partial charge is 0.313 e. The zero-order valence-corrected chi connectivity index (χ0v) is 13.7. The van der Waals surface area contributed by atoms with Crippen LogP contribution < -0.4 is 5.73 Å². The van der Waals surface area contributed by atoms with Gasteiger partial charge in [-0.1, -0.05) is 34.1 Å². The lowest BCUT2D eigenvalue weighted by molar-refractivity contribution is -0.167. The second-order valence-electron chi connectivity index (χ2n) is 6.22. The van der Waals surface area contributed by atoms with Gasteiger partial charge in [-0.2, -0.15) is 0 Å². The van der Waals surface area contributed by atoms with Crippen LogP contribution in [0.15, 0.2) is 28.7 Å². The third kappa shape index (κ3) is 4.05. The summed E-state index contributed by atoms with van der Waals surface area (Å²) in [7, 11) is 0. The summed E-state index contributed by atoms with van der Waals surface area (Å²) in [6, 6.07) is 7.23. The molecule has 3 nitrogen and oxygen atoms in total. The molecule has 19 heavy (non-hydrogen) atoms. The molecule has 0 unspecified atom stereocenters. The first-order valence-corrected chi connectivity index (χ1v) is 7.08. The first-order chi connectivity index (χ1) is 8.55. The molecule has 0 bridgehead atoms. The highest BCUT2D eigenvalue weighted by atomic mass is 79.9. The molecule has 0 amide bonds. The molecular formula is C15H22BrNO2. The van der Waals surface area contributed by atoms with Crippen molar-refractivity contribution in [2.45, 2.75) is 46.3 Å². The van der Waals surface area contributed by atoms with Crippen LogP contribution in [-0.4, -0.2) is 11.6 Å². The van der Waals surface area contributed by atoms with Crippen LogP contribution in [0.5, 0.6) is 0 Å². The zero-order valence-electron chi connectivity index (χ0n) is 12.2. The first-order valence-electron chi connectivity index (χ1n) is 6.29. The van der Waals surface area contributed by atoms with Crippen molar-refractivity contribution in [3.05, 3.63) is 34.3 Å². The van der Waals surface area contributed by atoms with Crippen LogP contribution in [0.3, 0.4) is 0 Å². The van der Waals surface area contributed by atoms with Gasteiger partial charge < -0.3 is 10.5 Å². The van der Waals surface area contributed by atoms with E-state index in [0.29, 0.717) is 0 Å². The van der Waals surface area contributed by atoms with Crippen molar-refractivity contribution in [2.24, 2.45) is 11.1 Å². The van der Waals surface area contributed by atoms with E-state index in [2.05, 4.69) is 15.9 Å². The number of carbonyl (C=O) groups excluding carboxylic acids is 1. The number of nitrogens with two attached hydrogens (primary N) is 1. The van der Waals surface area contributed by atoms with Crippen molar-refractivity contribution in [2.75, 3.05) is 0 Å². The number of esters is 1. The normalized spacial score (nSPS) is 14.1. The van der Waals surface area contributed by atoms with Gasteiger partial charge >= 0.3 is 5.97 Å². The minimum absolute atomic E-state index is 0.289. The van der Waals surface area contributed by atoms with Gasteiger partial charge in [0, 0.05) is 10.5 Å². The van der Waals surface area contributed by atoms with Crippen LogP contribution in [0.1, 0.15) is 46.2 Å². The third-order valence-electron chi connectivity index (χ3n) is 2.94. The van der Waals surface area contributed by atoms with Crippen molar-refractivity contribution in [3.8, 4) is 0 Å². The summed E-state index contributed by atoms with van der Waals surface area (Å²) in [5.41, 5.74) is 5.86. The molecule has 4 heteroatoms. The average Bonchev–Trinajstić information content (AvgIpc) is 2.26. The second-order valence-corrected chi connectivity index (χ2v) is 7.08. The average molecular weight is 328 g/mol. The first kappa shape index (κ1) is 16.2. The van der Waals surface area contributed by atoms with Crippen LogP contribution in [0.25, 0.3) is 0 Å². The highest BCUT2D eigenvalue weighted by Gasteiger charge is 2.39. The molecule has 0 aliphatic rings. The van der Waals surface area contributed by atoms with E-state index in [1.807, 2.05) is 58.9 Å². The predicted octanol–water partition coefficient (Wildman–Crippen LogP) is 3.82. The molecule has 0 heterocycles. The Bertz CT molecular complexity index is 463. The topological polar surface area (TPSA) is 52.3 Å². The van der Waals surface area contributed by atoms with Crippen molar-refractivity contribution in [3.63, 3.8) is 0 Å². The fourth-order valence-corrected chi connectivity index (χ4v) is 2.18. The molecule has 0 aliphatic carbocycles. The number of carbonyl (C=O) groups is 1. The maximum absolute atomic E-state index is 12.3. The lowest BCUT2D eigenvalue weighted by atomic mass is 9.81. The highest BCUT2D eigenvalue weighted by molar-refractivity contribution is 9.10. The van der Waals surface area contributed by atoms with Crippen molar-refractivity contribution in [1.29, 1.82) is 0 Å². The van der Waals surface area contributed by atoms with Gasteiger partial charge in [-0.05, 0) is 46.2 Å². The van der Waals surface area contributed by atoms with Crippen LogP contribution in [0.4, 0.5) is 0 Å². The number of ether oxygens (including phenoxy) is 1. The Labute approximate surface area is 123 Å². The lowest BCUT2D eigenvalue weighted by Gasteiger charge is -2.33. The Balaban J connectivity index is 3.00. The Morgan fingerprint density at radius 3 is 2.21 bits per heavy atom. The molecule has 0 saturated carbocycles. The van der Waals surface area contributed by atoms with E-state index in [9.17, 15) is 4.79 Å². The number of benzene rings is 1. The molecule has 0 fully saturated rings. The van der Waals surface area contributed by atoms with Crippen molar-refractivity contribution in [1.82, 2.24) is 0 Å². The van der Waals surface area contributed by atoms with E-state index in [1.165, 1.54) is 0 Å². The van der Waals surface area contributed by atoms with E-state index in [1.54, 1.807) is 0 Å². The molecule has 2 N–H and O–H groups in total. The van der Waals surface area contributed by atoms with Crippen LogP contribution in [-0.2, 0) is 9.53 Å². The summed E-state index contributed by atoms with van der Waals surface area (Å²) in [6.07, 6.45) is 0. The van der Waals surface area contributed by atoms with Crippen LogP contribution >= 0.6 is 15.9 Å². The molecule has 0 spiro atoms. The summed E-state index contributed by atoms with van der Waals surface area (Å²) in [5.74, 6) is -0.289. The van der Waals surface area contributed by atoms with Gasteiger partial charge in [0.1, 0.15) is 5.60 Å². The zero-order chi connectivity index (χ0) is 14.8. The molecule has 1 rings (SSSR count). The Morgan fingerprint density at radius 1 is 1.21 bits per heavy atom. The van der Waals surface area contributed by atoms with Crippen molar-refractivity contribution < 1.29 is 9.53 Å². The van der Waals surface area contributed by atoms with E-state index >= 15 is 0 Å². The van der Waals surface area contributed by atoms with Gasteiger partial charge in [0.05, 0.1) is 5.41 Å². The predicted molar refractivity (Wildman–Crippen MR) is 80.7 cm³/mol. The van der Waals surface area contributed by atoms with Gasteiger partial charge in [0.25, 0.3) is 0 Å². The summed E-state index contributed by atoms with van der Waals surface area (Å²) < 4.78 is 6.35. The van der Waals surface area contributed by atoms with E-state index < -0.39 is 17.1 Å². The minimum atomic E-state index is -0.794. The number of hydrogen-bond acceptors (Lipinski definition) is 3. The lowest BCUT2D eigenvalue weighted by Crippen LogP contribution is -2.41. The van der Waals surface area contributed by atoms with Gasteiger partial charge in [-0.25, -0.2) is 0 Å². The molecule has 0 aliphatic heterocycles. The monoisotopic (exact) mass is 327 g/mol.